The molecule has 0 amide bonds. The van der Waals surface area contributed by atoms with Crippen LogP contribution in [0.25, 0.3) is 0 Å². The fourth-order valence-corrected chi connectivity index (χ4v) is 2.59. The Labute approximate surface area is 94.5 Å². The van der Waals surface area contributed by atoms with Gasteiger partial charge in [-0.15, -0.1) is 0 Å². The van der Waals surface area contributed by atoms with Crippen LogP contribution in [0.5, 0.6) is 0 Å². The Bertz CT molecular complexity index is 158. The Morgan fingerprint density at radius 3 is 2.20 bits per heavy atom. The van der Waals surface area contributed by atoms with Crippen molar-refractivity contribution in [3.63, 3.8) is 0 Å². The van der Waals surface area contributed by atoms with Gasteiger partial charge in [-0.1, -0.05) is 20.8 Å². The Kier molecular flexibility index (Phi) is 5.62. The molecule has 0 aliphatic heterocycles. The molecule has 1 rings (SSSR count). The van der Waals surface area contributed by atoms with Crippen molar-refractivity contribution < 1.29 is 5.11 Å². The molecule has 0 aromatic rings. The molecule has 0 aromatic carbocycles. The molecule has 2 heteroatoms. The zero-order valence-corrected chi connectivity index (χ0v) is 10.5. The first-order chi connectivity index (χ1) is 7.17. The quantitative estimate of drug-likeness (QED) is 0.735. The normalized spacial score (nSPS) is 29.4. The van der Waals surface area contributed by atoms with Crippen molar-refractivity contribution in [1.29, 1.82) is 0 Å². The second-order valence-corrected chi connectivity index (χ2v) is 5.31. The molecule has 1 fully saturated rings. The standard InChI is InChI=1S/C13H27NO/c1-4-12(9-15)14-13-7-5-11(6-8-13)10(2)3/h10-15H,4-9H2,1-3H3. The van der Waals surface area contributed by atoms with Crippen LogP contribution in [-0.4, -0.2) is 23.8 Å². The number of nitrogens with one attached hydrogen (secondary N) is 1. The molecule has 1 unspecified atom stereocenters. The van der Waals surface area contributed by atoms with Gasteiger partial charge in [0.15, 0.2) is 0 Å². The highest BCUT2D eigenvalue weighted by Gasteiger charge is 2.24. The summed E-state index contributed by atoms with van der Waals surface area (Å²) >= 11 is 0. The monoisotopic (exact) mass is 213 g/mol. The van der Waals surface area contributed by atoms with Crippen LogP contribution < -0.4 is 5.32 Å². The second kappa shape index (κ2) is 6.49. The summed E-state index contributed by atoms with van der Waals surface area (Å²) in [6.45, 7) is 7.08. The summed E-state index contributed by atoms with van der Waals surface area (Å²) in [6.07, 6.45) is 6.33. The minimum atomic E-state index is 0.278. The van der Waals surface area contributed by atoms with Crippen molar-refractivity contribution in [1.82, 2.24) is 5.32 Å². The number of rotatable bonds is 5. The molecule has 0 heterocycles. The molecule has 90 valence electrons. The zero-order chi connectivity index (χ0) is 11.3. The molecule has 0 aromatic heterocycles. The van der Waals surface area contributed by atoms with Gasteiger partial charge in [-0.2, -0.15) is 0 Å². The van der Waals surface area contributed by atoms with Gasteiger partial charge in [0.25, 0.3) is 0 Å². The van der Waals surface area contributed by atoms with Gasteiger partial charge >= 0.3 is 0 Å². The van der Waals surface area contributed by atoms with Gasteiger partial charge in [-0.25, -0.2) is 0 Å². The molecule has 0 spiro atoms. The van der Waals surface area contributed by atoms with E-state index in [2.05, 4.69) is 26.1 Å². The molecule has 0 radical (unpaired) electrons. The third-order valence-electron chi connectivity index (χ3n) is 3.90. The van der Waals surface area contributed by atoms with E-state index in [1.165, 1.54) is 25.7 Å². The van der Waals surface area contributed by atoms with Gasteiger partial charge in [-0.3, -0.25) is 0 Å². The minimum Gasteiger partial charge on any atom is -0.395 e. The van der Waals surface area contributed by atoms with Crippen LogP contribution in [0.2, 0.25) is 0 Å². The van der Waals surface area contributed by atoms with Crippen molar-refractivity contribution in [3.05, 3.63) is 0 Å². The Hall–Kier alpha value is -0.0800. The van der Waals surface area contributed by atoms with E-state index in [-0.39, 0.29) is 6.61 Å². The van der Waals surface area contributed by atoms with Crippen LogP contribution in [0.3, 0.4) is 0 Å². The third kappa shape index (κ3) is 4.12. The fraction of sp³-hybridized carbons (Fsp3) is 1.00. The Morgan fingerprint density at radius 1 is 1.20 bits per heavy atom. The predicted molar refractivity (Wildman–Crippen MR) is 64.9 cm³/mol. The van der Waals surface area contributed by atoms with Gasteiger partial charge in [0.1, 0.15) is 0 Å². The van der Waals surface area contributed by atoms with Gasteiger partial charge in [0.05, 0.1) is 6.61 Å². The SMILES string of the molecule is CCC(CO)NC1CCC(C(C)C)CC1. The van der Waals surface area contributed by atoms with Gasteiger partial charge in [0, 0.05) is 12.1 Å². The maximum absolute atomic E-state index is 9.13. The summed E-state index contributed by atoms with van der Waals surface area (Å²) in [4.78, 5) is 0. The van der Waals surface area contributed by atoms with Crippen LogP contribution in [0, 0.1) is 11.8 Å². The van der Waals surface area contributed by atoms with Crippen molar-refractivity contribution >= 4 is 0 Å². The Balaban J connectivity index is 2.25. The number of aliphatic hydroxyl groups excluding tert-OH is 1. The van der Waals surface area contributed by atoms with E-state index in [0.717, 1.165) is 18.3 Å². The molecule has 2 nitrogen and oxygen atoms in total. The highest BCUT2D eigenvalue weighted by molar-refractivity contribution is 4.80. The number of aliphatic hydroxyl groups is 1. The summed E-state index contributed by atoms with van der Waals surface area (Å²) < 4.78 is 0. The predicted octanol–water partition coefficient (Wildman–Crippen LogP) is 2.56. The van der Waals surface area contributed by atoms with E-state index in [1.807, 2.05) is 0 Å². The summed E-state index contributed by atoms with van der Waals surface area (Å²) in [5.74, 6) is 1.77. The molecule has 2 N–H and O–H groups in total. The number of hydrogen-bond acceptors (Lipinski definition) is 2. The van der Waals surface area contributed by atoms with E-state index in [4.69, 9.17) is 5.11 Å². The molecule has 1 aliphatic carbocycles. The minimum absolute atomic E-state index is 0.278. The number of hydrogen-bond donors (Lipinski definition) is 2. The van der Waals surface area contributed by atoms with Gasteiger partial charge in [0.2, 0.25) is 0 Å². The Morgan fingerprint density at radius 2 is 1.80 bits per heavy atom. The van der Waals surface area contributed by atoms with Crippen molar-refractivity contribution in [2.45, 2.75) is 65.0 Å². The largest absolute Gasteiger partial charge is 0.395 e. The van der Waals surface area contributed by atoms with Crippen molar-refractivity contribution in [2.24, 2.45) is 11.8 Å². The smallest absolute Gasteiger partial charge is 0.0584 e. The lowest BCUT2D eigenvalue weighted by Gasteiger charge is -2.33. The summed E-state index contributed by atoms with van der Waals surface area (Å²) in [5.41, 5.74) is 0. The van der Waals surface area contributed by atoms with E-state index < -0.39 is 0 Å². The van der Waals surface area contributed by atoms with E-state index in [1.54, 1.807) is 0 Å². The van der Waals surface area contributed by atoms with Gasteiger partial charge in [-0.05, 0) is 43.9 Å². The van der Waals surface area contributed by atoms with Crippen LogP contribution in [0.15, 0.2) is 0 Å². The average Bonchev–Trinajstić information content (AvgIpc) is 2.26. The topological polar surface area (TPSA) is 32.3 Å². The van der Waals surface area contributed by atoms with Crippen LogP contribution in [-0.2, 0) is 0 Å². The molecule has 1 saturated carbocycles. The second-order valence-electron chi connectivity index (χ2n) is 5.31. The maximum atomic E-state index is 9.13. The van der Waals surface area contributed by atoms with Crippen molar-refractivity contribution in [2.75, 3.05) is 6.61 Å². The fourth-order valence-electron chi connectivity index (χ4n) is 2.59. The summed E-state index contributed by atoms with van der Waals surface area (Å²) in [5, 5.41) is 12.7. The highest BCUT2D eigenvalue weighted by Crippen LogP contribution is 2.30. The lowest BCUT2D eigenvalue weighted by molar-refractivity contribution is 0.190. The molecule has 0 saturated heterocycles. The molecule has 0 bridgehead atoms. The zero-order valence-electron chi connectivity index (χ0n) is 10.5. The maximum Gasteiger partial charge on any atom is 0.0584 e. The van der Waals surface area contributed by atoms with Crippen LogP contribution in [0.1, 0.15) is 52.9 Å². The lowest BCUT2D eigenvalue weighted by Crippen LogP contribution is -2.42. The summed E-state index contributed by atoms with van der Waals surface area (Å²) in [6, 6.07) is 0.961. The molecule has 15 heavy (non-hydrogen) atoms. The van der Waals surface area contributed by atoms with Gasteiger partial charge < -0.3 is 10.4 Å². The third-order valence-corrected chi connectivity index (χ3v) is 3.90. The molecular weight excluding hydrogens is 186 g/mol. The summed E-state index contributed by atoms with van der Waals surface area (Å²) in [7, 11) is 0. The van der Waals surface area contributed by atoms with Crippen molar-refractivity contribution in [3.8, 4) is 0 Å². The average molecular weight is 213 g/mol. The highest BCUT2D eigenvalue weighted by atomic mass is 16.3. The first-order valence-electron chi connectivity index (χ1n) is 6.54. The molecular formula is C13H27NO. The lowest BCUT2D eigenvalue weighted by atomic mass is 9.79. The first-order valence-corrected chi connectivity index (χ1v) is 6.54. The van der Waals surface area contributed by atoms with E-state index in [0.29, 0.717) is 12.1 Å². The van der Waals surface area contributed by atoms with Crippen LogP contribution in [0.4, 0.5) is 0 Å². The first kappa shape index (κ1) is 13.0. The van der Waals surface area contributed by atoms with E-state index in [9.17, 15) is 0 Å². The van der Waals surface area contributed by atoms with E-state index >= 15 is 0 Å². The molecule has 1 atom stereocenters. The molecule has 1 aliphatic rings. The van der Waals surface area contributed by atoms with Crippen LogP contribution >= 0.6 is 0 Å².